The van der Waals surface area contributed by atoms with Crippen molar-refractivity contribution < 1.29 is 14.4 Å². The van der Waals surface area contributed by atoms with Crippen LogP contribution in [0.5, 0.6) is 0 Å². The zero-order valence-corrected chi connectivity index (χ0v) is 19.2. The van der Waals surface area contributed by atoms with E-state index in [0.717, 1.165) is 17.5 Å². The van der Waals surface area contributed by atoms with Gasteiger partial charge in [0.1, 0.15) is 6.04 Å². The summed E-state index contributed by atoms with van der Waals surface area (Å²) in [4.78, 5) is 41.0. The SMILES string of the molecule is CC[C@H](C)NC(=O)[C@H](NC(=O)c1cccs1)C1CCN(C(=O)c2ccccc2C)CC1. The van der Waals surface area contributed by atoms with Crippen molar-refractivity contribution in [3.05, 3.63) is 57.8 Å². The summed E-state index contributed by atoms with van der Waals surface area (Å²) in [6.45, 7) is 7.05. The summed E-state index contributed by atoms with van der Waals surface area (Å²) in [5, 5.41) is 7.82. The standard InChI is InChI=1S/C24H31N3O3S/c1-4-17(3)25-23(29)21(26-22(28)20-10-7-15-31-20)18-11-13-27(14-12-18)24(30)19-9-6-5-8-16(19)2/h5-10,15,17-18,21H,4,11-14H2,1-3H3,(H,25,29)(H,26,28)/t17-,21+/m0/s1. The normalized spacial score (nSPS) is 16.4. The average molecular weight is 442 g/mol. The summed E-state index contributed by atoms with van der Waals surface area (Å²) in [7, 11) is 0. The maximum Gasteiger partial charge on any atom is 0.262 e. The third kappa shape index (κ3) is 5.73. The first-order chi connectivity index (χ1) is 14.9. The van der Waals surface area contributed by atoms with Crippen molar-refractivity contribution in [3.8, 4) is 0 Å². The molecule has 1 saturated heterocycles. The molecule has 2 atom stereocenters. The first-order valence-corrected chi connectivity index (χ1v) is 11.8. The summed E-state index contributed by atoms with van der Waals surface area (Å²) in [5.74, 6) is -0.366. The van der Waals surface area contributed by atoms with Crippen LogP contribution in [-0.4, -0.2) is 47.8 Å². The summed E-state index contributed by atoms with van der Waals surface area (Å²) < 4.78 is 0. The molecule has 0 spiro atoms. The Morgan fingerprint density at radius 2 is 1.81 bits per heavy atom. The van der Waals surface area contributed by atoms with Gasteiger partial charge in [0.2, 0.25) is 5.91 Å². The molecule has 1 aliphatic rings. The third-order valence-corrected chi connectivity index (χ3v) is 6.86. The Balaban J connectivity index is 1.68. The average Bonchev–Trinajstić information content (AvgIpc) is 3.32. The smallest absolute Gasteiger partial charge is 0.262 e. The molecule has 1 aromatic carbocycles. The molecule has 6 nitrogen and oxygen atoms in total. The highest BCUT2D eigenvalue weighted by Crippen LogP contribution is 2.24. The van der Waals surface area contributed by atoms with Crippen LogP contribution in [0.15, 0.2) is 41.8 Å². The van der Waals surface area contributed by atoms with Crippen LogP contribution in [0, 0.1) is 12.8 Å². The number of likely N-dealkylation sites (tertiary alicyclic amines) is 1. The van der Waals surface area contributed by atoms with E-state index in [4.69, 9.17) is 0 Å². The van der Waals surface area contributed by atoms with Crippen LogP contribution in [0.4, 0.5) is 0 Å². The number of hydrogen-bond acceptors (Lipinski definition) is 4. The second-order valence-corrected chi connectivity index (χ2v) is 9.14. The fourth-order valence-corrected chi connectivity index (χ4v) is 4.50. The summed E-state index contributed by atoms with van der Waals surface area (Å²) in [6, 6.07) is 10.6. The van der Waals surface area contributed by atoms with Crippen LogP contribution in [0.3, 0.4) is 0 Å². The van der Waals surface area contributed by atoms with Crippen LogP contribution < -0.4 is 10.6 Å². The van der Waals surface area contributed by atoms with Gasteiger partial charge in [0.05, 0.1) is 4.88 Å². The zero-order chi connectivity index (χ0) is 22.4. The number of carbonyl (C=O) groups is 3. The Labute approximate surface area is 188 Å². The van der Waals surface area contributed by atoms with Crippen LogP contribution in [-0.2, 0) is 4.79 Å². The molecule has 2 N–H and O–H groups in total. The van der Waals surface area contributed by atoms with Gasteiger partial charge in [0.25, 0.3) is 11.8 Å². The van der Waals surface area contributed by atoms with E-state index in [0.29, 0.717) is 30.8 Å². The highest BCUT2D eigenvalue weighted by molar-refractivity contribution is 7.12. The lowest BCUT2D eigenvalue weighted by Crippen LogP contribution is -2.55. The second kappa shape index (κ2) is 10.6. The van der Waals surface area contributed by atoms with Crippen LogP contribution >= 0.6 is 11.3 Å². The predicted molar refractivity (Wildman–Crippen MR) is 123 cm³/mol. The minimum atomic E-state index is -0.612. The number of benzene rings is 1. The van der Waals surface area contributed by atoms with Gasteiger partial charge in [-0.05, 0) is 62.1 Å². The fraction of sp³-hybridized carbons (Fsp3) is 0.458. The first kappa shape index (κ1) is 23.0. The Morgan fingerprint density at radius 3 is 2.42 bits per heavy atom. The van der Waals surface area contributed by atoms with E-state index in [1.54, 1.807) is 6.07 Å². The van der Waals surface area contributed by atoms with Gasteiger partial charge >= 0.3 is 0 Å². The topological polar surface area (TPSA) is 78.5 Å². The van der Waals surface area contributed by atoms with Crippen LogP contribution in [0.1, 0.15) is 58.7 Å². The fourth-order valence-electron chi connectivity index (χ4n) is 3.87. The Bertz CT molecular complexity index is 905. The molecule has 0 radical (unpaired) electrons. The van der Waals surface area contributed by atoms with Crippen molar-refractivity contribution in [2.45, 2.75) is 52.1 Å². The molecule has 3 amide bonds. The molecule has 1 aliphatic heterocycles. The van der Waals surface area contributed by atoms with Gasteiger partial charge in [-0.3, -0.25) is 14.4 Å². The maximum absolute atomic E-state index is 13.0. The monoisotopic (exact) mass is 441 g/mol. The van der Waals surface area contributed by atoms with Crippen molar-refractivity contribution in [2.24, 2.45) is 5.92 Å². The van der Waals surface area contributed by atoms with Gasteiger partial charge in [-0.2, -0.15) is 0 Å². The van der Waals surface area contributed by atoms with Gasteiger partial charge in [-0.1, -0.05) is 31.2 Å². The number of aryl methyl sites for hydroxylation is 1. The largest absolute Gasteiger partial charge is 0.352 e. The molecule has 0 bridgehead atoms. The van der Waals surface area contributed by atoms with Crippen LogP contribution in [0.2, 0.25) is 0 Å². The molecule has 0 aliphatic carbocycles. The predicted octanol–water partition coefficient (Wildman–Crippen LogP) is 3.62. The Hall–Kier alpha value is -2.67. The number of thiophene rings is 1. The molecule has 7 heteroatoms. The molecule has 31 heavy (non-hydrogen) atoms. The Morgan fingerprint density at radius 1 is 1.10 bits per heavy atom. The number of nitrogens with one attached hydrogen (secondary N) is 2. The van der Waals surface area contributed by atoms with E-state index >= 15 is 0 Å². The first-order valence-electron chi connectivity index (χ1n) is 10.9. The van der Waals surface area contributed by atoms with Gasteiger partial charge in [-0.15, -0.1) is 11.3 Å². The second-order valence-electron chi connectivity index (χ2n) is 8.19. The van der Waals surface area contributed by atoms with E-state index in [-0.39, 0.29) is 29.7 Å². The highest BCUT2D eigenvalue weighted by atomic mass is 32.1. The summed E-state index contributed by atoms with van der Waals surface area (Å²) >= 11 is 1.36. The summed E-state index contributed by atoms with van der Waals surface area (Å²) in [6.07, 6.45) is 2.16. The number of amides is 3. The molecule has 1 aromatic heterocycles. The van der Waals surface area contributed by atoms with Gasteiger partial charge in [-0.25, -0.2) is 0 Å². The number of nitrogens with zero attached hydrogens (tertiary/aromatic N) is 1. The quantitative estimate of drug-likeness (QED) is 0.689. The van der Waals surface area contributed by atoms with Crippen molar-refractivity contribution in [1.82, 2.24) is 15.5 Å². The summed E-state index contributed by atoms with van der Waals surface area (Å²) in [5.41, 5.74) is 1.68. The Kier molecular flexibility index (Phi) is 7.85. The molecular formula is C24H31N3O3S. The molecule has 0 saturated carbocycles. The van der Waals surface area contributed by atoms with Crippen molar-refractivity contribution >= 4 is 29.1 Å². The lowest BCUT2D eigenvalue weighted by Gasteiger charge is -2.36. The molecular weight excluding hydrogens is 410 g/mol. The van der Waals surface area contributed by atoms with Gasteiger partial charge in [0.15, 0.2) is 0 Å². The van der Waals surface area contributed by atoms with Crippen molar-refractivity contribution in [2.75, 3.05) is 13.1 Å². The van der Waals surface area contributed by atoms with E-state index in [2.05, 4.69) is 10.6 Å². The lowest BCUT2D eigenvalue weighted by atomic mass is 9.88. The van der Waals surface area contributed by atoms with Crippen LogP contribution in [0.25, 0.3) is 0 Å². The molecule has 0 unspecified atom stereocenters. The molecule has 3 rings (SSSR count). The van der Waals surface area contributed by atoms with Gasteiger partial charge < -0.3 is 15.5 Å². The third-order valence-electron chi connectivity index (χ3n) is 5.99. The zero-order valence-electron chi connectivity index (χ0n) is 18.4. The number of carbonyl (C=O) groups excluding carboxylic acids is 3. The minimum Gasteiger partial charge on any atom is -0.352 e. The van der Waals surface area contributed by atoms with Crippen molar-refractivity contribution in [1.29, 1.82) is 0 Å². The molecule has 2 aromatic rings. The van der Waals surface area contributed by atoms with E-state index in [1.165, 1.54) is 11.3 Å². The van der Waals surface area contributed by atoms with Crippen molar-refractivity contribution in [3.63, 3.8) is 0 Å². The van der Waals surface area contributed by atoms with E-state index < -0.39 is 6.04 Å². The van der Waals surface area contributed by atoms with Gasteiger partial charge in [0, 0.05) is 24.7 Å². The number of rotatable bonds is 7. The number of piperidine rings is 1. The number of hydrogen-bond donors (Lipinski definition) is 2. The van der Waals surface area contributed by atoms with E-state index in [1.807, 2.05) is 61.4 Å². The minimum absolute atomic E-state index is 0.0195. The maximum atomic E-state index is 13.0. The highest BCUT2D eigenvalue weighted by Gasteiger charge is 2.34. The molecule has 166 valence electrons. The van der Waals surface area contributed by atoms with E-state index in [9.17, 15) is 14.4 Å². The molecule has 2 heterocycles. The molecule has 1 fully saturated rings. The lowest BCUT2D eigenvalue weighted by molar-refractivity contribution is -0.125.